The highest BCUT2D eigenvalue weighted by Gasteiger charge is 2.29. The highest BCUT2D eigenvalue weighted by atomic mass is 16.3. The van der Waals surface area contributed by atoms with Gasteiger partial charge in [0.2, 0.25) is 0 Å². The van der Waals surface area contributed by atoms with E-state index in [9.17, 15) is 5.11 Å². The fraction of sp³-hybridized carbons (Fsp3) is 1.00. The minimum atomic E-state index is -0.717. The molecule has 3 heteroatoms. The first kappa shape index (κ1) is 13.9. The van der Waals surface area contributed by atoms with Crippen molar-refractivity contribution >= 4 is 0 Å². The van der Waals surface area contributed by atoms with Crippen molar-refractivity contribution in [2.45, 2.75) is 52.2 Å². The number of nitrogens with zero attached hydrogens (tertiary/aromatic N) is 1. The van der Waals surface area contributed by atoms with Crippen LogP contribution in [0.15, 0.2) is 0 Å². The van der Waals surface area contributed by atoms with Crippen LogP contribution in [0.4, 0.5) is 0 Å². The molecule has 16 heavy (non-hydrogen) atoms. The standard InChI is InChI=1S/C13H28N2O/c1-10-5-6-15(8-11(10)2)12(3)7-13(4,16)9-14/h10-12,16H,5-9,14H2,1-4H3. The van der Waals surface area contributed by atoms with Crippen molar-refractivity contribution in [3.05, 3.63) is 0 Å². The Kier molecular flexibility index (Phi) is 4.77. The van der Waals surface area contributed by atoms with Gasteiger partial charge < -0.3 is 15.7 Å². The molecule has 0 aliphatic carbocycles. The molecular formula is C13H28N2O. The van der Waals surface area contributed by atoms with Crippen LogP contribution >= 0.6 is 0 Å². The van der Waals surface area contributed by atoms with Crippen LogP contribution in [-0.2, 0) is 0 Å². The van der Waals surface area contributed by atoms with Gasteiger partial charge in [0, 0.05) is 19.1 Å². The molecule has 0 aromatic heterocycles. The minimum Gasteiger partial charge on any atom is -0.389 e. The molecule has 4 unspecified atom stereocenters. The van der Waals surface area contributed by atoms with Crippen molar-refractivity contribution in [1.29, 1.82) is 0 Å². The normalized spacial score (nSPS) is 33.4. The SMILES string of the molecule is CC1CCN(C(C)CC(C)(O)CN)CC1C. The Bertz CT molecular complexity index is 218. The van der Waals surface area contributed by atoms with E-state index in [0.29, 0.717) is 12.6 Å². The summed E-state index contributed by atoms with van der Waals surface area (Å²) in [7, 11) is 0. The van der Waals surface area contributed by atoms with Gasteiger partial charge in [0.1, 0.15) is 0 Å². The molecule has 0 saturated carbocycles. The monoisotopic (exact) mass is 228 g/mol. The topological polar surface area (TPSA) is 49.5 Å². The maximum atomic E-state index is 9.99. The maximum Gasteiger partial charge on any atom is 0.0756 e. The number of hydrogen-bond acceptors (Lipinski definition) is 3. The van der Waals surface area contributed by atoms with Gasteiger partial charge in [0.05, 0.1) is 5.60 Å². The third kappa shape index (κ3) is 3.72. The number of hydrogen-bond donors (Lipinski definition) is 2. The Hall–Kier alpha value is -0.120. The molecule has 1 saturated heterocycles. The zero-order valence-electron chi connectivity index (χ0n) is 11.2. The van der Waals surface area contributed by atoms with Crippen LogP contribution in [0.3, 0.4) is 0 Å². The molecule has 0 spiro atoms. The summed E-state index contributed by atoms with van der Waals surface area (Å²) in [5, 5.41) is 9.99. The highest BCUT2D eigenvalue weighted by Crippen LogP contribution is 2.26. The average Bonchev–Trinajstić information content (AvgIpc) is 2.21. The molecule has 3 nitrogen and oxygen atoms in total. The zero-order chi connectivity index (χ0) is 12.3. The average molecular weight is 228 g/mol. The predicted octanol–water partition coefficient (Wildman–Crippen LogP) is 1.45. The van der Waals surface area contributed by atoms with E-state index >= 15 is 0 Å². The summed E-state index contributed by atoms with van der Waals surface area (Å²) in [6, 6.07) is 0.425. The number of aliphatic hydroxyl groups is 1. The minimum absolute atomic E-state index is 0.344. The molecular weight excluding hydrogens is 200 g/mol. The van der Waals surface area contributed by atoms with Gasteiger partial charge in [0.25, 0.3) is 0 Å². The second kappa shape index (κ2) is 5.48. The number of piperidine rings is 1. The smallest absolute Gasteiger partial charge is 0.0756 e. The third-order valence-electron chi connectivity index (χ3n) is 4.16. The van der Waals surface area contributed by atoms with Gasteiger partial charge in [-0.25, -0.2) is 0 Å². The molecule has 4 atom stereocenters. The van der Waals surface area contributed by atoms with Gasteiger partial charge in [-0.1, -0.05) is 13.8 Å². The molecule has 1 heterocycles. The van der Waals surface area contributed by atoms with Gasteiger partial charge >= 0.3 is 0 Å². The van der Waals surface area contributed by atoms with Crippen LogP contribution in [0, 0.1) is 11.8 Å². The number of rotatable bonds is 4. The van der Waals surface area contributed by atoms with Crippen LogP contribution in [0.1, 0.15) is 40.5 Å². The van der Waals surface area contributed by atoms with E-state index in [0.717, 1.165) is 31.3 Å². The fourth-order valence-electron chi connectivity index (χ4n) is 2.54. The number of likely N-dealkylation sites (tertiary alicyclic amines) is 1. The first-order valence-electron chi connectivity index (χ1n) is 6.52. The van der Waals surface area contributed by atoms with Crippen molar-refractivity contribution in [3.63, 3.8) is 0 Å². The van der Waals surface area contributed by atoms with Crippen LogP contribution < -0.4 is 5.73 Å². The van der Waals surface area contributed by atoms with E-state index in [4.69, 9.17) is 5.73 Å². The van der Waals surface area contributed by atoms with E-state index in [2.05, 4.69) is 25.7 Å². The lowest BCUT2D eigenvalue weighted by atomic mass is 9.87. The van der Waals surface area contributed by atoms with E-state index < -0.39 is 5.60 Å². The maximum absolute atomic E-state index is 9.99. The van der Waals surface area contributed by atoms with Crippen molar-refractivity contribution in [3.8, 4) is 0 Å². The third-order valence-corrected chi connectivity index (χ3v) is 4.16. The highest BCUT2D eigenvalue weighted by molar-refractivity contribution is 4.84. The van der Waals surface area contributed by atoms with E-state index in [-0.39, 0.29) is 0 Å². The van der Waals surface area contributed by atoms with Crippen LogP contribution in [-0.4, -0.2) is 41.3 Å². The summed E-state index contributed by atoms with van der Waals surface area (Å²) in [6.45, 7) is 11.4. The lowest BCUT2D eigenvalue weighted by Crippen LogP contribution is -2.48. The molecule has 1 aliphatic rings. The Morgan fingerprint density at radius 3 is 2.56 bits per heavy atom. The van der Waals surface area contributed by atoms with Crippen molar-refractivity contribution in [1.82, 2.24) is 4.90 Å². The Balaban J connectivity index is 2.46. The molecule has 96 valence electrons. The van der Waals surface area contributed by atoms with E-state index in [1.807, 2.05) is 6.92 Å². The molecule has 0 aromatic rings. The second-order valence-electron chi connectivity index (χ2n) is 5.99. The van der Waals surface area contributed by atoms with Gasteiger partial charge in [0.15, 0.2) is 0 Å². The van der Waals surface area contributed by atoms with Crippen molar-refractivity contribution in [2.75, 3.05) is 19.6 Å². The molecule has 1 aliphatic heterocycles. The first-order chi connectivity index (χ1) is 7.35. The van der Waals surface area contributed by atoms with Gasteiger partial charge in [-0.15, -0.1) is 0 Å². The Morgan fingerprint density at radius 1 is 1.44 bits per heavy atom. The zero-order valence-corrected chi connectivity index (χ0v) is 11.2. The quantitative estimate of drug-likeness (QED) is 0.766. The van der Waals surface area contributed by atoms with Crippen LogP contribution in [0.5, 0.6) is 0 Å². The Morgan fingerprint density at radius 2 is 2.06 bits per heavy atom. The van der Waals surface area contributed by atoms with Gasteiger partial charge in [-0.3, -0.25) is 0 Å². The molecule has 0 amide bonds. The molecule has 0 aromatic carbocycles. The summed E-state index contributed by atoms with van der Waals surface area (Å²) in [5.74, 6) is 1.59. The molecule has 0 radical (unpaired) electrons. The largest absolute Gasteiger partial charge is 0.389 e. The molecule has 1 fully saturated rings. The summed E-state index contributed by atoms with van der Waals surface area (Å²) in [4.78, 5) is 2.49. The second-order valence-corrected chi connectivity index (χ2v) is 5.99. The first-order valence-corrected chi connectivity index (χ1v) is 6.52. The van der Waals surface area contributed by atoms with Crippen LogP contribution in [0.2, 0.25) is 0 Å². The lowest BCUT2D eigenvalue weighted by Gasteiger charge is -2.40. The fourth-order valence-corrected chi connectivity index (χ4v) is 2.54. The molecule has 3 N–H and O–H groups in total. The van der Waals surface area contributed by atoms with Gasteiger partial charge in [-0.2, -0.15) is 0 Å². The van der Waals surface area contributed by atoms with E-state index in [1.165, 1.54) is 6.42 Å². The Labute approximate surface area is 100 Å². The van der Waals surface area contributed by atoms with Gasteiger partial charge in [-0.05, 0) is 45.1 Å². The summed E-state index contributed by atoms with van der Waals surface area (Å²) >= 11 is 0. The number of nitrogens with two attached hydrogens (primary N) is 1. The van der Waals surface area contributed by atoms with E-state index in [1.54, 1.807) is 0 Å². The summed E-state index contributed by atoms with van der Waals surface area (Å²) < 4.78 is 0. The summed E-state index contributed by atoms with van der Waals surface area (Å²) in [6.07, 6.45) is 2.04. The molecule has 0 bridgehead atoms. The lowest BCUT2D eigenvalue weighted by molar-refractivity contribution is 0.0138. The van der Waals surface area contributed by atoms with Crippen molar-refractivity contribution in [2.24, 2.45) is 17.6 Å². The predicted molar refractivity (Wildman–Crippen MR) is 68.3 cm³/mol. The molecule has 1 rings (SSSR count). The van der Waals surface area contributed by atoms with Crippen LogP contribution in [0.25, 0.3) is 0 Å². The van der Waals surface area contributed by atoms with Crippen molar-refractivity contribution < 1.29 is 5.11 Å². The summed E-state index contributed by atoms with van der Waals surface area (Å²) in [5.41, 5.74) is 4.85.